The molecule has 338 valence electrons. The molecule has 4 amide bonds. The van der Waals surface area contributed by atoms with Crippen molar-refractivity contribution in [3.8, 4) is 11.4 Å². The second-order valence-corrected chi connectivity index (χ2v) is 21.4. The number of ether oxygens (including phenoxy) is 1. The van der Waals surface area contributed by atoms with Crippen molar-refractivity contribution >= 4 is 46.1 Å². The zero-order valence-electron chi connectivity index (χ0n) is 37.0. The van der Waals surface area contributed by atoms with Gasteiger partial charge in [-0.05, 0) is 130 Å². The second-order valence-electron chi connectivity index (χ2n) is 21.0. The molecule has 7 heterocycles. The molecule has 3 aromatic carbocycles. The predicted octanol–water partition coefficient (Wildman–Crippen LogP) is 7.35. The Labute approximate surface area is 383 Å². The van der Waals surface area contributed by atoms with E-state index in [1.807, 2.05) is 18.2 Å². The summed E-state index contributed by atoms with van der Waals surface area (Å²) in [7, 11) is 0. The number of rotatable bonds is 3. The van der Waals surface area contributed by atoms with Crippen molar-refractivity contribution < 1.29 is 23.9 Å². The molecule has 1 aromatic heterocycles. The van der Waals surface area contributed by atoms with Gasteiger partial charge in [0.2, 0.25) is 17.7 Å². The number of hydrogen-bond donors (Lipinski definition) is 2. The quantitative estimate of drug-likeness (QED) is 0.204. The molecule has 6 fully saturated rings. The number of nitrogens with zero attached hydrogens (tertiary/aromatic N) is 4. The fraction of sp³-hybridized carbons (Fsp3) is 0.538. The van der Waals surface area contributed by atoms with Gasteiger partial charge in [0.1, 0.15) is 11.6 Å². The Morgan fingerprint density at radius 1 is 0.815 bits per heavy atom. The minimum atomic E-state index is -0.211. The molecular weight excluding hydrogens is 840 g/mol. The lowest BCUT2D eigenvalue weighted by molar-refractivity contribution is -0.155. The van der Waals surface area contributed by atoms with Crippen LogP contribution in [0.3, 0.4) is 0 Å². The lowest BCUT2D eigenvalue weighted by atomic mass is 9.49. The van der Waals surface area contributed by atoms with Crippen molar-refractivity contribution in [1.29, 1.82) is 0 Å². The van der Waals surface area contributed by atoms with E-state index in [1.165, 1.54) is 54.5 Å². The van der Waals surface area contributed by atoms with Crippen molar-refractivity contribution in [1.82, 2.24) is 30.0 Å². The summed E-state index contributed by atoms with van der Waals surface area (Å²) >= 11 is 6.58. The molecule has 13 heteroatoms. The lowest BCUT2D eigenvalue weighted by Gasteiger charge is -2.60. The largest absolute Gasteiger partial charge is 0.492 e. The van der Waals surface area contributed by atoms with E-state index in [2.05, 4.69) is 49.3 Å². The van der Waals surface area contributed by atoms with Gasteiger partial charge in [0.25, 0.3) is 11.5 Å². The van der Waals surface area contributed by atoms with Crippen LogP contribution in [0.4, 0.5) is 0 Å². The fourth-order valence-electron chi connectivity index (χ4n) is 13.9. The first-order chi connectivity index (χ1) is 31.5. The van der Waals surface area contributed by atoms with Gasteiger partial charge in [0.05, 0.1) is 33.6 Å². The minimum absolute atomic E-state index is 0.00972. The third kappa shape index (κ3) is 6.61. The van der Waals surface area contributed by atoms with Crippen LogP contribution in [0.5, 0.6) is 5.75 Å². The predicted molar refractivity (Wildman–Crippen MR) is 246 cm³/mol. The summed E-state index contributed by atoms with van der Waals surface area (Å²) in [6, 6.07) is 17.6. The molecule has 65 heavy (non-hydrogen) atoms. The Bertz CT molecular complexity index is 2720. The Kier molecular flexibility index (Phi) is 9.87. The van der Waals surface area contributed by atoms with E-state index in [1.54, 1.807) is 6.07 Å². The number of benzene rings is 3. The van der Waals surface area contributed by atoms with Gasteiger partial charge in [0, 0.05) is 66.5 Å². The van der Waals surface area contributed by atoms with Gasteiger partial charge in [-0.25, -0.2) is 0 Å². The van der Waals surface area contributed by atoms with E-state index in [0.29, 0.717) is 66.1 Å². The molecule has 0 unspecified atom stereocenters. The average Bonchev–Trinajstić information content (AvgIpc) is 3.93. The number of nitrogens with one attached hydrogen (secondary N) is 2. The molecule has 3 aliphatic carbocycles. The van der Waals surface area contributed by atoms with Crippen molar-refractivity contribution in [2.75, 3.05) is 32.8 Å². The molecule has 0 radical (unpaired) electrons. The van der Waals surface area contributed by atoms with Crippen LogP contribution < -0.4 is 20.9 Å². The number of likely N-dealkylation sites (tertiary alicyclic amines) is 2. The highest BCUT2D eigenvalue weighted by Gasteiger charge is 2.57. The van der Waals surface area contributed by atoms with Crippen molar-refractivity contribution in [2.45, 2.75) is 132 Å². The smallest absolute Gasteiger partial charge is 0.282 e. The summed E-state index contributed by atoms with van der Waals surface area (Å²) < 4.78 is 8.50. The fourth-order valence-corrected chi connectivity index (χ4v) is 14.2. The van der Waals surface area contributed by atoms with E-state index >= 15 is 0 Å². The third-order valence-electron chi connectivity index (χ3n) is 17.5. The molecule has 4 aromatic rings. The first-order valence-corrected chi connectivity index (χ1v) is 24.7. The molecule has 13 rings (SSSR count). The van der Waals surface area contributed by atoms with Gasteiger partial charge in [-0.3, -0.25) is 33.9 Å². The maximum atomic E-state index is 13.7. The number of halogens is 1. The van der Waals surface area contributed by atoms with Crippen LogP contribution in [0.15, 0.2) is 53.3 Å². The summed E-state index contributed by atoms with van der Waals surface area (Å²) in [4.78, 5) is 69.7. The highest BCUT2D eigenvalue weighted by atomic mass is 35.5. The SMILES string of the molecule is O=C1CCCC(=O)N1.O=C1NCc2c1ccc1c2OCC12CCN(C(=O)C1CC3(C1)CC(N1CCC(c4ccc5c(c4)C4(CCCCC4)c4nc(=O)c6c(Cl)cccc6n4-5)CC1)C3)CC2. The standard InChI is InChI=1S/C47H50ClN5O4.C5H7NO2/c48-36-5-4-6-38-39(36)42(55)50-44-47(13-2-1-3-14-47)35-21-29(7-10-37(35)53(38)44)28-11-17-51(18-12-28)31-24-45(25-31)22-30(23-45)43(56)52-19-15-46(16-20-52)27-57-40-33-26-49-41(54)32(33)8-9-34(40)46;7-4-2-1-3-5(8)6-4/h4-10,21,28,30-31H,1-3,11-20,22-27H2,(H,49,54);1-3H2,(H,6,7,8). The van der Waals surface area contributed by atoms with Crippen LogP contribution >= 0.6 is 11.6 Å². The maximum Gasteiger partial charge on any atom is 0.282 e. The number of aromatic nitrogens is 2. The molecule has 12 nitrogen and oxygen atoms in total. The average molecular weight is 898 g/mol. The van der Waals surface area contributed by atoms with Gasteiger partial charge >= 0.3 is 0 Å². The molecular formula is C52H57ClN6O6. The van der Waals surface area contributed by atoms with Crippen LogP contribution in [-0.4, -0.2) is 81.8 Å². The zero-order chi connectivity index (χ0) is 44.2. The van der Waals surface area contributed by atoms with Crippen molar-refractivity contribution in [3.05, 3.63) is 97.5 Å². The molecule has 0 atom stereocenters. The number of hydrogen-bond acceptors (Lipinski definition) is 8. The molecule has 6 aliphatic heterocycles. The molecule has 0 bridgehead atoms. The molecule has 9 aliphatic rings. The molecule has 2 N–H and O–H groups in total. The summed E-state index contributed by atoms with van der Waals surface area (Å²) in [5.41, 5.74) is 7.73. The first kappa shape index (κ1) is 41.4. The molecule has 3 saturated carbocycles. The van der Waals surface area contributed by atoms with Crippen LogP contribution in [-0.2, 0) is 31.8 Å². The van der Waals surface area contributed by atoms with E-state index in [-0.39, 0.29) is 40.0 Å². The topological polar surface area (TPSA) is 143 Å². The number of carbonyl (C=O) groups excluding carboxylic acids is 4. The van der Waals surface area contributed by atoms with Crippen LogP contribution in [0.2, 0.25) is 5.02 Å². The zero-order valence-corrected chi connectivity index (χ0v) is 37.8. The Morgan fingerprint density at radius 2 is 1.57 bits per heavy atom. The number of carbonyl (C=O) groups is 4. The van der Waals surface area contributed by atoms with Gasteiger partial charge < -0.3 is 19.9 Å². The monoisotopic (exact) mass is 896 g/mol. The number of imide groups is 1. The van der Waals surface area contributed by atoms with Gasteiger partial charge in [-0.1, -0.05) is 55.1 Å². The Morgan fingerprint density at radius 3 is 2.29 bits per heavy atom. The highest BCUT2D eigenvalue weighted by molar-refractivity contribution is 6.35. The number of piperidine rings is 3. The summed E-state index contributed by atoms with van der Waals surface area (Å²) in [5, 5.41) is 6.13. The molecule has 3 saturated heterocycles. The van der Waals surface area contributed by atoms with Crippen LogP contribution in [0, 0.1) is 11.3 Å². The minimum Gasteiger partial charge on any atom is -0.492 e. The first-order valence-electron chi connectivity index (χ1n) is 24.3. The van der Waals surface area contributed by atoms with Gasteiger partial charge in [0.15, 0.2) is 0 Å². The van der Waals surface area contributed by atoms with E-state index in [9.17, 15) is 24.0 Å². The highest BCUT2D eigenvalue weighted by Crippen LogP contribution is 2.61. The summed E-state index contributed by atoms with van der Waals surface area (Å²) in [5.74, 6) is 2.63. The van der Waals surface area contributed by atoms with E-state index < -0.39 is 0 Å². The third-order valence-corrected chi connectivity index (χ3v) is 17.8. The van der Waals surface area contributed by atoms with Crippen molar-refractivity contribution in [2.24, 2.45) is 11.3 Å². The lowest BCUT2D eigenvalue weighted by Crippen LogP contribution is -2.60. The Balaban J connectivity index is 0.000000505. The maximum absolute atomic E-state index is 13.7. The molecule has 3 spiro atoms. The van der Waals surface area contributed by atoms with Crippen molar-refractivity contribution in [3.63, 3.8) is 0 Å². The van der Waals surface area contributed by atoms with Crippen LogP contribution in [0.25, 0.3) is 16.6 Å². The van der Waals surface area contributed by atoms with Gasteiger partial charge in [-0.2, -0.15) is 4.98 Å². The van der Waals surface area contributed by atoms with E-state index in [4.69, 9.17) is 21.3 Å². The number of amides is 4. The summed E-state index contributed by atoms with van der Waals surface area (Å²) in [6.07, 6.45) is 16.1. The summed E-state index contributed by atoms with van der Waals surface area (Å²) in [6.45, 7) is 5.04. The van der Waals surface area contributed by atoms with Crippen LogP contribution in [0.1, 0.15) is 147 Å². The second kappa shape index (κ2) is 15.5. The van der Waals surface area contributed by atoms with Gasteiger partial charge in [-0.15, -0.1) is 0 Å². The number of fused-ring (bicyclic) bond motifs is 11. The Hall–Kier alpha value is -5.07. The normalized spacial score (nSPS) is 27.2. The van der Waals surface area contributed by atoms with E-state index in [0.717, 1.165) is 106 Å².